The number of hydrogen-bond acceptors (Lipinski definition) is 4. The molecule has 1 aromatic rings. The molecule has 0 amide bonds. The van der Waals surface area contributed by atoms with Crippen LogP contribution in [0.2, 0.25) is 0 Å². The first-order valence-electron chi connectivity index (χ1n) is 2.52. The normalized spacial score (nSPS) is 9.70. The van der Waals surface area contributed by atoms with Crippen molar-refractivity contribution < 1.29 is 9.90 Å². The minimum atomic E-state index is -0.981. The number of carboxylic acids is 1. The highest BCUT2D eigenvalue weighted by Gasteiger charge is 2.10. The first-order chi connectivity index (χ1) is 4.75. The molecule has 0 aliphatic carbocycles. The van der Waals surface area contributed by atoms with Gasteiger partial charge in [-0.2, -0.15) is 12.6 Å². The fourth-order valence-corrected chi connectivity index (χ4v) is 1.54. The number of thiol groups is 1. The van der Waals surface area contributed by atoms with E-state index in [0.717, 1.165) is 0 Å². The van der Waals surface area contributed by atoms with Crippen molar-refractivity contribution in [2.45, 2.75) is 5.75 Å². The molecule has 0 aliphatic rings. The third kappa shape index (κ3) is 1.30. The van der Waals surface area contributed by atoms with Crippen LogP contribution >= 0.6 is 24.0 Å². The molecule has 0 radical (unpaired) electrons. The van der Waals surface area contributed by atoms with Crippen LogP contribution in [0.1, 0.15) is 15.4 Å². The molecule has 5 heteroatoms. The molecular weight excluding hydrogens is 170 g/mol. The van der Waals surface area contributed by atoms with E-state index in [1.807, 2.05) is 0 Å². The smallest absolute Gasteiger partial charge is 0.355 e. The predicted octanol–water partition coefficient (Wildman–Crippen LogP) is 1.27. The summed E-state index contributed by atoms with van der Waals surface area (Å²) >= 11 is 5.26. The number of carbonyl (C=O) groups is 1. The van der Waals surface area contributed by atoms with E-state index in [2.05, 4.69) is 17.6 Å². The molecule has 10 heavy (non-hydrogen) atoms. The zero-order chi connectivity index (χ0) is 7.56. The van der Waals surface area contributed by atoms with Crippen LogP contribution in [-0.4, -0.2) is 16.1 Å². The average Bonchev–Trinajstić information content (AvgIpc) is 2.33. The summed E-state index contributed by atoms with van der Waals surface area (Å²) in [5.41, 5.74) is 1.63. The Morgan fingerprint density at radius 1 is 1.90 bits per heavy atom. The second kappa shape index (κ2) is 3.03. The second-order valence-corrected chi connectivity index (χ2v) is 2.84. The van der Waals surface area contributed by atoms with Crippen LogP contribution in [0.25, 0.3) is 0 Å². The molecule has 1 N–H and O–H groups in total. The maximum absolute atomic E-state index is 10.4. The van der Waals surface area contributed by atoms with Crippen LogP contribution < -0.4 is 0 Å². The number of aromatic nitrogens is 1. The first-order valence-corrected chi connectivity index (χ1v) is 4.03. The van der Waals surface area contributed by atoms with Crippen molar-refractivity contribution in [3.05, 3.63) is 16.1 Å². The van der Waals surface area contributed by atoms with E-state index < -0.39 is 5.97 Å². The van der Waals surface area contributed by atoms with Crippen LogP contribution in [0, 0.1) is 0 Å². The molecule has 0 atom stereocenters. The Morgan fingerprint density at radius 2 is 2.60 bits per heavy atom. The third-order valence-electron chi connectivity index (χ3n) is 0.987. The lowest BCUT2D eigenvalue weighted by molar-refractivity contribution is 0.0690. The van der Waals surface area contributed by atoms with Gasteiger partial charge in [0.2, 0.25) is 0 Å². The number of thiazole rings is 1. The summed E-state index contributed by atoms with van der Waals surface area (Å²) < 4.78 is 0. The van der Waals surface area contributed by atoms with Crippen LogP contribution in [-0.2, 0) is 5.75 Å². The van der Waals surface area contributed by atoms with Gasteiger partial charge in [-0.15, -0.1) is 11.3 Å². The van der Waals surface area contributed by atoms with Crippen molar-refractivity contribution in [3.63, 3.8) is 0 Å². The zero-order valence-corrected chi connectivity index (χ0v) is 6.65. The lowest BCUT2D eigenvalue weighted by Crippen LogP contribution is -1.98. The van der Waals surface area contributed by atoms with Gasteiger partial charge in [0, 0.05) is 10.6 Å². The summed E-state index contributed by atoms with van der Waals surface area (Å²) in [6.07, 6.45) is 0. The fourth-order valence-electron chi connectivity index (χ4n) is 0.557. The molecule has 3 nitrogen and oxygen atoms in total. The number of aromatic carboxylic acids is 1. The first kappa shape index (κ1) is 7.56. The Balaban J connectivity index is 3.01. The lowest BCUT2D eigenvalue weighted by Gasteiger charge is -1.88. The van der Waals surface area contributed by atoms with E-state index in [4.69, 9.17) is 5.11 Å². The van der Waals surface area contributed by atoms with Gasteiger partial charge in [0.15, 0.2) is 5.69 Å². The Hall–Kier alpha value is -0.550. The molecule has 0 spiro atoms. The van der Waals surface area contributed by atoms with Crippen molar-refractivity contribution in [2.75, 3.05) is 0 Å². The van der Waals surface area contributed by atoms with E-state index in [1.165, 1.54) is 16.8 Å². The maximum atomic E-state index is 10.4. The molecule has 0 fully saturated rings. The van der Waals surface area contributed by atoms with Gasteiger partial charge in [0.05, 0.1) is 5.51 Å². The van der Waals surface area contributed by atoms with Gasteiger partial charge in [-0.3, -0.25) is 0 Å². The molecule has 54 valence electrons. The molecule has 1 aromatic heterocycles. The van der Waals surface area contributed by atoms with Crippen molar-refractivity contribution >= 4 is 29.9 Å². The van der Waals surface area contributed by atoms with Gasteiger partial charge in [-0.25, -0.2) is 9.78 Å². The van der Waals surface area contributed by atoms with Crippen molar-refractivity contribution in [2.24, 2.45) is 0 Å². The SMILES string of the molecule is O=C(O)c1ncsc1CS. The molecule has 1 heterocycles. The Kier molecular flexibility index (Phi) is 2.29. The largest absolute Gasteiger partial charge is 0.476 e. The van der Waals surface area contributed by atoms with Crippen molar-refractivity contribution in [1.82, 2.24) is 4.98 Å². The summed E-state index contributed by atoms with van der Waals surface area (Å²) in [5, 5.41) is 8.50. The summed E-state index contributed by atoms with van der Waals surface area (Å²) in [7, 11) is 0. The van der Waals surface area contributed by atoms with E-state index in [0.29, 0.717) is 10.6 Å². The van der Waals surface area contributed by atoms with Crippen molar-refractivity contribution in [1.29, 1.82) is 0 Å². The van der Waals surface area contributed by atoms with Gasteiger partial charge >= 0.3 is 5.97 Å². The summed E-state index contributed by atoms with van der Waals surface area (Å²) in [4.78, 5) is 14.7. The lowest BCUT2D eigenvalue weighted by atomic mass is 10.4. The number of rotatable bonds is 2. The molecular formula is C5H5NO2S2. The molecule has 0 saturated heterocycles. The van der Waals surface area contributed by atoms with Crippen LogP contribution in [0.5, 0.6) is 0 Å². The third-order valence-corrected chi connectivity index (χ3v) is 2.35. The quantitative estimate of drug-likeness (QED) is 0.665. The van der Waals surface area contributed by atoms with Gasteiger partial charge in [0.1, 0.15) is 0 Å². The van der Waals surface area contributed by atoms with Gasteiger partial charge in [-0.1, -0.05) is 0 Å². The van der Waals surface area contributed by atoms with Crippen LogP contribution in [0.4, 0.5) is 0 Å². The zero-order valence-electron chi connectivity index (χ0n) is 4.94. The topological polar surface area (TPSA) is 50.2 Å². The maximum Gasteiger partial charge on any atom is 0.355 e. The highest BCUT2D eigenvalue weighted by atomic mass is 32.1. The predicted molar refractivity (Wildman–Crippen MR) is 41.8 cm³/mol. The van der Waals surface area contributed by atoms with Crippen LogP contribution in [0.15, 0.2) is 5.51 Å². The number of carboxylic acid groups (broad SMARTS) is 1. The molecule has 0 aromatic carbocycles. The molecule has 0 unspecified atom stereocenters. The molecule has 0 saturated carbocycles. The Morgan fingerprint density at radius 3 is 3.00 bits per heavy atom. The summed E-state index contributed by atoms with van der Waals surface area (Å²) in [5.74, 6) is -0.544. The van der Waals surface area contributed by atoms with Gasteiger partial charge in [-0.05, 0) is 0 Å². The van der Waals surface area contributed by atoms with E-state index in [-0.39, 0.29) is 5.69 Å². The monoisotopic (exact) mass is 175 g/mol. The van der Waals surface area contributed by atoms with Gasteiger partial charge < -0.3 is 5.11 Å². The number of nitrogens with zero attached hydrogens (tertiary/aromatic N) is 1. The van der Waals surface area contributed by atoms with Gasteiger partial charge in [0.25, 0.3) is 0 Å². The fraction of sp³-hybridized carbons (Fsp3) is 0.200. The molecule has 1 rings (SSSR count). The Bertz CT molecular complexity index is 246. The van der Waals surface area contributed by atoms with E-state index in [9.17, 15) is 4.79 Å². The summed E-state index contributed by atoms with van der Waals surface area (Å²) in [6.45, 7) is 0. The van der Waals surface area contributed by atoms with E-state index in [1.54, 1.807) is 0 Å². The standard InChI is InChI=1S/C5H5NO2S2/c7-5(8)4-3(1-9)10-2-6-4/h2,9H,1H2,(H,7,8). The minimum Gasteiger partial charge on any atom is -0.476 e. The molecule has 0 aliphatic heterocycles. The highest BCUT2D eigenvalue weighted by molar-refractivity contribution is 7.79. The second-order valence-electron chi connectivity index (χ2n) is 1.59. The Labute approximate surface area is 67.1 Å². The van der Waals surface area contributed by atoms with E-state index >= 15 is 0 Å². The number of hydrogen-bond donors (Lipinski definition) is 2. The summed E-state index contributed by atoms with van der Waals surface area (Å²) in [6, 6.07) is 0. The highest BCUT2D eigenvalue weighted by Crippen LogP contribution is 2.14. The molecule has 0 bridgehead atoms. The average molecular weight is 175 g/mol. The van der Waals surface area contributed by atoms with Crippen molar-refractivity contribution in [3.8, 4) is 0 Å². The minimum absolute atomic E-state index is 0.125. The van der Waals surface area contributed by atoms with Crippen LogP contribution in [0.3, 0.4) is 0 Å².